The van der Waals surface area contributed by atoms with Gasteiger partial charge in [0.2, 0.25) is 0 Å². The Balaban J connectivity index is 2.05. The third-order valence-electron chi connectivity index (χ3n) is 3.15. The van der Waals surface area contributed by atoms with Gasteiger partial charge in [0.25, 0.3) is 5.91 Å². The van der Waals surface area contributed by atoms with Crippen molar-refractivity contribution >= 4 is 34.8 Å². The van der Waals surface area contributed by atoms with E-state index < -0.39 is 6.10 Å². The van der Waals surface area contributed by atoms with E-state index in [4.69, 9.17) is 37.9 Å². The van der Waals surface area contributed by atoms with E-state index in [0.29, 0.717) is 27.8 Å². The molecule has 0 heterocycles. The number of methoxy groups -OCH3 is 1. The first kappa shape index (κ1) is 17.9. The number of nitrogens with zero attached hydrogens (tertiary/aromatic N) is 1. The SMILES string of the molecule is COc1ccc(NC(=O)[C@H](C)Oc2ccc(C#N)cc2Cl)cc1Cl. The highest BCUT2D eigenvalue weighted by molar-refractivity contribution is 6.32. The first-order valence-corrected chi connectivity index (χ1v) is 7.71. The second-order valence-electron chi connectivity index (χ2n) is 4.86. The number of rotatable bonds is 5. The van der Waals surface area contributed by atoms with Gasteiger partial charge in [0.1, 0.15) is 11.5 Å². The lowest BCUT2D eigenvalue weighted by Crippen LogP contribution is -2.30. The van der Waals surface area contributed by atoms with E-state index in [1.54, 1.807) is 37.3 Å². The maximum Gasteiger partial charge on any atom is 0.265 e. The van der Waals surface area contributed by atoms with Crippen molar-refractivity contribution in [2.75, 3.05) is 12.4 Å². The monoisotopic (exact) mass is 364 g/mol. The molecule has 2 rings (SSSR count). The normalized spacial score (nSPS) is 11.3. The molecule has 124 valence electrons. The quantitative estimate of drug-likeness (QED) is 0.859. The molecule has 1 N–H and O–H groups in total. The van der Waals surface area contributed by atoms with Gasteiger partial charge in [-0.3, -0.25) is 4.79 Å². The molecule has 1 atom stereocenters. The molecule has 0 aliphatic carbocycles. The van der Waals surface area contributed by atoms with Crippen LogP contribution < -0.4 is 14.8 Å². The van der Waals surface area contributed by atoms with Crippen molar-refractivity contribution < 1.29 is 14.3 Å². The summed E-state index contributed by atoms with van der Waals surface area (Å²) in [6.45, 7) is 1.59. The second kappa shape index (κ2) is 7.91. The fourth-order valence-corrected chi connectivity index (χ4v) is 2.38. The maximum atomic E-state index is 12.2. The minimum Gasteiger partial charge on any atom is -0.495 e. The second-order valence-corrected chi connectivity index (χ2v) is 5.67. The maximum absolute atomic E-state index is 12.2. The number of halogens is 2. The van der Waals surface area contributed by atoms with Gasteiger partial charge in [-0.2, -0.15) is 5.26 Å². The number of hydrogen-bond acceptors (Lipinski definition) is 4. The third kappa shape index (κ3) is 4.31. The standard InChI is InChI=1S/C17H14Cl2N2O3/c1-10(24-16-5-3-11(9-20)7-13(16)18)17(22)21-12-4-6-15(23-2)14(19)8-12/h3-8,10H,1-2H3,(H,21,22)/t10-/m0/s1. The Bertz CT molecular complexity index is 803. The molecule has 0 saturated carbocycles. The summed E-state index contributed by atoms with van der Waals surface area (Å²) in [5, 5.41) is 12.2. The Labute approximate surface area is 149 Å². The van der Waals surface area contributed by atoms with Gasteiger partial charge < -0.3 is 14.8 Å². The molecule has 2 aromatic carbocycles. The summed E-state index contributed by atoms with van der Waals surface area (Å²) in [5.41, 5.74) is 0.935. The van der Waals surface area contributed by atoms with Gasteiger partial charge in [0, 0.05) is 5.69 Å². The van der Waals surface area contributed by atoms with E-state index in [2.05, 4.69) is 5.32 Å². The molecule has 0 spiro atoms. The molecule has 0 radical (unpaired) electrons. The predicted molar refractivity (Wildman–Crippen MR) is 92.9 cm³/mol. The summed E-state index contributed by atoms with van der Waals surface area (Å²) in [5.74, 6) is 0.478. The molecule has 0 aliphatic rings. The number of hydrogen-bond donors (Lipinski definition) is 1. The van der Waals surface area contributed by atoms with E-state index in [9.17, 15) is 4.79 Å². The zero-order valence-electron chi connectivity index (χ0n) is 13.0. The Kier molecular flexibility index (Phi) is 5.91. The Morgan fingerprint density at radius 3 is 2.42 bits per heavy atom. The summed E-state index contributed by atoms with van der Waals surface area (Å²) in [4.78, 5) is 12.2. The lowest BCUT2D eigenvalue weighted by atomic mass is 10.2. The van der Waals surface area contributed by atoms with Crippen molar-refractivity contribution in [3.05, 3.63) is 52.0 Å². The number of nitrogens with one attached hydrogen (secondary N) is 1. The van der Waals surface area contributed by atoms with Crippen molar-refractivity contribution in [2.45, 2.75) is 13.0 Å². The number of anilines is 1. The molecule has 0 bridgehead atoms. The minimum absolute atomic E-state index is 0.265. The Morgan fingerprint density at radius 1 is 1.17 bits per heavy atom. The number of ether oxygens (including phenoxy) is 2. The van der Waals surface area contributed by atoms with Crippen molar-refractivity contribution in [1.82, 2.24) is 0 Å². The average Bonchev–Trinajstić information content (AvgIpc) is 2.56. The van der Waals surface area contributed by atoms with E-state index in [1.165, 1.54) is 13.2 Å². The van der Waals surface area contributed by atoms with Crippen LogP contribution >= 0.6 is 23.2 Å². The molecule has 0 aromatic heterocycles. The lowest BCUT2D eigenvalue weighted by Gasteiger charge is -2.16. The smallest absolute Gasteiger partial charge is 0.265 e. The minimum atomic E-state index is -0.795. The zero-order valence-corrected chi connectivity index (χ0v) is 14.5. The summed E-state index contributed by atoms with van der Waals surface area (Å²) in [6.07, 6.45) is -0.795. The first-order valence-electron chi connectivity index (χ1n) is 6.95. The van der Waals surface area contributed by atoms with Gasteiger partial charge >= 0.3 is 0 Å². The Morgan fingerprint density at radius 2 is 1.83 bits per heavy atom. The average molecular weight is 365 g/mol. The van der Waals surface area contributed by atoms with Crippen molar-refractivity contribution in [3.8, 4) is 17.6 Å². The van der Waals surface area contributed by atoms with Crippen molar-refractivity contribution in [1.29, 1.82) is 5.26 Å². The molecular weight excluding hydrogens is 351 g/mol. The van der Waals surface area contributed by atoms with Gasteiger partial charge in [-0.15, -0.1) is 0 Å². The van der Waals surface area contributed by atoms with Crippen LogP contribution in [0.4, 0.5) is 5.69 Å². The van der Waals surface area contributed by atoms with Gasteiger partial charge in [-0.05, 0) is 43.3 Å². The number of nitriles is 1. The van der Waals surface area contributed by atoms with E-state index >= 15 is 0 Å². The van der Waals surface area contributed by atoms with Crippen LogP contribution in [0.5, 0.6) is 11.5 Å². The van der Waals surface area contributed by atoms with Crippen LogP contribution in [0.1, 0.15) is 12.5 Å². The zero-order chi connectivity index (χ0) is 17.7. The molecule has 2 aromatic rings. The fourth-order valence-electron chi connectivity index (χ4n) is 1.90. The topological polar surface area (TPSA) is 71.3 Å². The molecule has 24 heavy (non-hydrogen) atoms. The summed E-state index contributed by atoms with van der Waals surface area (Å²) < 4.78 is 10.6. The van der Waals surface area contributed by atoms with Crippen molar-refractivity contribution in [2.24, 2.45) is 0 Å². The summed E-state index contributed by atoms with van der Waals surface area (Å²) >= 11 is 12.1. The van der Waals surface area contributed by atoms with Crippen LogP contribution in [0, 0.1) is 11.3 Å². The van der Waals surface area contributed by atoms with Gasteiger partial charge in [0.05, 0.1) is 28.8 Å². The number of carbonyl (C=O) groups is 1. The highest BCUT2D eigenvalue weighted by Crippen LogP contribution is 2.28. The predicted octanol–water partition coefficient (Wildman–Crippen LogP) is 4.28. The van der Waals surface area contributed by atoms with Gasteiger partial charge in [-0.25, -0.2) is 0 Å². The van der Waals surface area contributed by atoms with Crippen LogP contribution in [0.3, 0.4) is 0 Å². The van der Waals surface area contributed by atoms with Gasteiger partial charge in [0.15, 0.2) is 6.10 Å². The molecule has 1 amide bonds. The summed E-state index contributed by atoms with van der Waals surface area (Å²) in [6, 6.07) is 11.5. The van der Waals surface area contributed by atoms with E-state index in [-0.39, 0.29) is 10.9 Å². The number of carbonyl (C=O) groups excluding carboxylic acids is 1. The molecule has 0 unspecified atom stereocenters. The lowest BCUT2D eigenvalue weighted by molar-refractivity contribution is -0.122. The molecule has 5 nitrogen and oxygen atoms in total. The van der Waals surface area contributed by atoms with Crippen LogP contribution in [0.2, 0.25) is 10.0 Å². The van der Waals surface area contributed by atoms with Gasteiger partial charge in [-0.1, -0.05) is 23.2 Å². The highest BCUT2D eigenvalue weighted by Gasteiger charge is 2.17. The largest absolute Gasteiger partial charge is 0.495 e. The van der Waals surface area contributed by atoms with Crippen LogP contribution in [0.25, 0.3) is 0 Å². The molecule has 0 aliphatic heterocycles. The number of benzene rings is 2. The summed E-state index contributed by atoms with van der Waals surface area (Å²) in [7, 11) is 1.51. The van der Waals surface area contributed by atoms with Crippen molar-refractivity contribution in [3.63, 3.8) is 0 Å². The molecular formula is C17H14Cl2N2O3. The number of amides is 1. The van der Waals surface area contributed by atoms with Crippen LogP contribution in [-0.4, -0.2) is 19.1 Å². The first-order chi connectivity index (χ1) is 11.4. The van der Waals surface area contributed by atoms with Crippen LogP contribution in [-0.2, 0) is 4.79 Å². The Hall–Kier alpha value is -2.42. The van der Waals surface area contributed by atoms with E-state index in [1.807, 2.05) is 6.07 Å². The molecule has 0 saturated heterocycles. The van der Waals surface area contributed by atoms with Crippen LogP contribution in [0.15, 0.2) is 36.4 Å². The molecule has 0 fully saturated rings. The highest BCUT2D eigenvalue weighted by atomic mass is 35.5. The fraction of sp³-hybridized carbons (Fsp3) is 0.176. The van der Waals surface area contributed by atoms with E-state index in [0.717, 1.165) is 0 Å². The third-order valence-corrected chi connectivity index (χ3v) is 3.74. The molecule has 7 heteroatoms.